The van der Waals surface area contributed by atoms with E-state index in [1.54, 1.807) is 34.6 Å². The molecule has 0 aromatic heterocycles. The summed E-state index contributed by atoms with van der Waals surface area (Å²) in [6.07, 6.45) is 0.0674. The van der Waals surface area contributed by atoms with Gasteiger partial charge in [0.05, 0.1) is 30.6 Å². The van der Waals surface area contributed by atoms with Gasteiger partial charge in [-0.2, -0.15) is 23.5 Å². The third-order valence-electron chi connectivity index (χ3n) is 23.3. The number of hydrogen-bond donors (Lipinski definition) is 18. The number of aliphatic carboxylic acids is 1. The fraction of sp³-hybridized carbons (Fsp3) is 0.695. The number of carboxylic acid groups (broad SMARTS) is 1. The number of rotatable bonds is 17. The van der Waals surface area contributed by atoms with Crippen LogP contribution in [0.5, 0.6) is 0 Å². The summed E-state index contributed by atoms with van der Waals surface area (Å²) in [6.45, 7) is 12.5. The molecule has 0 radical (unpaired) electrons. The van der Waals surface area contributed by atoms with Crippen LogP contribution in [0.25, 0.3) is 0 Å². The number of hydrogen-bond acceptors (Lipinski definition) is 21. The number of carboxylic acids is 1. The van der Waals surface area contributed by atoms with E-state index in [0.717, 1.165) is 36.1 Å². The number of piperidine rings is 1. The van der Waals surface area contributed by atoms with Crippen molar-refractivity contribution in [2.75, 3.05) is 31.1 Å². The molecule has 19 N–H and O–H groups in total. The molecule has 2 aromatic rings. The third-order valence-corrected chi connectivity index (χ3v) is 25.4. The molecular formula is C82H126N14O18S2. The Hall–Kier alpha value is -7.99. The van der Waals surface area contributed by atoms with Gasteiger partial charge in [-0.15, -0.1) is 0 Å². The van der Waals surface area contributed by atoms with Crippen LogP contribution < -0.4 is 69.5 Å². The van der Waals surface area contributed by atoms with Gasteiger partial charge in [0, 0.05) is 48.3 Å². The molecule has 4 aliphatic heterocycles. The van der Waals surface area contributed by atoms with Crippen LogP contribution in [0.3, 0.4) is 0 Å². The fourth-order valence-corrected chi connectivity index (χ4v) is 18.5. The quantitative estimate of drug-likeness (QED) is 0.106. The molecule has 2 saturated carbocycles. The number of aliphatic hydroxyl groups is 4. The van der Waals surface area contributed by atoms with E-state index in [-0.39, 0.29) is 93.5 Å². The predicted molar refractivity (Wildman–Crippen MR) is 436 cm³/mol. The van der Waals surface area contributed by atoms with Crippen LogP contribution in [-0.2, 0) is 73.8 Å². The Kier molecular flexibility index (Phi) is 36.5. The average molecular weight is 1660 g/mol. The summed E-state index contributed by atoms with van der Waals surface area (Å²) in [4.78, 5) is 190. The summed E-state index contributed by atoms with van der Waals surface area (Å²) >= 11 is 2.75. The van der Waals surface area contributed by atoms with Gasteiger partial charge < -0.3 is 100.0 Å². The Morgan fingerprint density at radius 3 is 1.61 bits per heavy atom. The average Bonchev–Trinajstić information content (AvgIpc) is 1.67. The molecule has 2 aliphatic carbocycles. The summed E-state index contributed by atoms with van der Waals surface area (Å²) in [5, 5.41) is 88.1. The number of carbonyl (C=O) groups excluding carboxylic acids is 12. The third kappa shape index (κ3) is 28.1. The lowest BCUT2D eigenvalue weighted by Gasteiger charge is -2.35. The minimum atomic E-state index is -1.77. The molecule has 4 heterocycles. The predicted octanol–water partition coefficient (Wildman–Crippen LogP) is 1.36. The molecule has 6 aliphatic rings. The van der Waals surface area contributed by atoms with E-state index in [2.05, 4.69) is 63.8 Å². The SMILES string of the molecule is CCC[C@@H]1NC(=O)[C@H](CC2CNC3NCCCC23)NC(=O)[C@H]([C@@H](C)O)NC(=O)[C@@H]2C[C@@H](c3ccccc3)CN2C(=O)[C@H](CC2CCC(O)CC2)NC(=O)[C@H](C(C)(C)C)NC(=O)CCSCc2cccc(c2)CSC[C@@H](C(N)=O)NC(=O)[C@H]([C@@H](C)O)NC(=O)[C@H](CCC)NC(=O)[C@H](CC2CCC(O)CC2)NC(=O)[C@H](CCC(=O)O)NC1=O. The molecule has 2 bridgehead atoms. The molecule has 12 amide bonds. The molecule has 17 atom stereocenters. The minimum absolute atomic E-state index is 0.00905. The number of fused-ring (bicyclic) bond motifs is 4. The smallest absolute Gasteiger partial charge is 0.303 e. The lowest BCUT2D eigenvalue weighted by atomic mass is 9.82. The Bertz CT molecular complexity index is 3670. The van der Waals surface area contributed by atoms with Crippen LogP contribution in [-0.4, -0.2) is 235 Å². The molecule has 5 fully saturated rings. The molecule has 8 rings (SSSR count). The number of nitrogens with zero attached hydrogens (tertiary/aromatic N) is 1. The lowest BCUT2D eigenvalue weighted by Crippen LogP contribution is -2.62. The molecule has 2 aromatic carbocycles. The van der Waals surface area contributed by atoms with Gasteiger partial charge in [-0.1, -0.05) is 102 Å². The van der Waals surface area contributed by atoms with Crippen LogP contribution in [0, 0.1) is 29.1 Å². The summed E-state index contributed by atoms with van der Waals surface area (Å²) in [5.41, 5.74) is 7.49. The molecule has 644 valence electrons. The number of thioether (sulfide) groups is 2. The van der Waals surface area contributed by atoms with E-state index < -0.39 is 192 Å². The van der Waals surface area contributed by atoms with Crippen molar-refractivity contribution in [3.8, 4) is 0 Å². The molecule has 32 nitrogen and oxygen atoms in total. The normalized spacial score (nSPS) is 31.8. The minimum Gasteiger partial charge on any atom is -0.481 e. The fourth-order valence-electron chi connectivity index (χ4n) is 16.6. The zero-order valence-corrected chi connectivity index (χ0v) is 69.6. The van der Waals surface area contributed by atoms with Gasteiger partial charge in [0.25, 0.3) is 0 Å². The number of primary amides is 1. The Balaban J connectivity index is 1.13. The standard InChI is InChI=1S/C82H126N14O18S2/c1-8-15-57-72(105)88-59(30-31-66(102)103)73(106)89-60(36-47-22-26-54(99)27-23-47)75(108)87-58(16-9-2)74(107)94-67(45(3)97)79(112)92-63(70(83)104)44-116-43-50-18-13-17-49(35-50)42-115-34-32-65(101)93-69(82(5,6)7)80(113)91-62(37-48-24-28-55(100)29-25-48)81(114)96-41-53(51-19-11-10-12-20-51)39-64(96)77(110)95-68(46(4)98)78(111)90-61(76(109)86-57)38-52-40-85-71-56(52)21-14-33-84-71/h10-13,17-20,35,45-48,52-64,67-69,71,84-85,97-100H,8-9,14-16,21-34,36-44H2,1-7H3,(H2,83,104)(H,86,109)(H,87,108)(H,88,105)(H,89,106)(H,90,111)(H,91,113)(H,92,112)(H,93,101)(H,94,107)(H,95,110)(H,102,103)/t45-,46-,47?,48?,52?,53-,54?,55?,56?,57+,58+,59+,60+,61+,62+,63+,64+,67+,68+,69-,71?/m1/s1. The van der Waals surface area contributed by atoms with Crippen LogP contribution in [0.1, 0.15) is 206 Å². The molecule has 0 spiro atoms. The van der Waals surface area contributed by atoms with Crippen LogP contribution in [0.4, 0.5) is 0 Å². The summed E-state index contributed by atoms with van der Waals surface area (Å²) in [7, 11) is 0. The van der Waals surface area contributed by atoms with Crippen LogP contribution in [0.15, 0.2) is 54.6 Å². The first-order valence-electron chi connectivity index (χ1n) is 41.5. The first kappa shape index (κ1) is 93.5. The summed E-state index contributed by atoms with van der Waals surface area (Å²) < 4.78 is 0. The van der Waals surface area contributed by atoms with Crippen molar-refractivity contribution >= 4 is 100 Å². The highest BCUT2D eigenvalue weighted by Crippen LogP contribution is 2.37. The maximum atomic E-state index is 15.7. The van der Waals surface area contributed by atoms with E-state index in [9.17, 15) is 68.7 Å². The number of benzene rings is 2. The van der Waals surface area contributed by atoms with Crippen molar-refractivity contribution in [3.05, 3.63) is 71.3 Å². The van der Waals surface area contributed by atoms with Gasteiger partial charge in [-0.05, 0) is 182 Å². The van der Waals surface area contributed by atoms with E-state index >= 15 is 19.2 Å². The van der Waals surface area contributed by atoms with Gasteiger partial charge in [0.15, 0.2) is 0 Å². The van der Waals surface area contributed by atoms with E-state index in [4.69, 9.17) is 5.73 Å². The molecule has 34 heteroatoms. The zero-order chi connectivity index (χ0) is 84.5. The van der Waals surface area contributed by atoms with Crippen LogP contribution >= 0.6 is 23.5 Å². The van der Waals surface area contributed by atoms with Crippen molar-refractivity contribution in [2.45, 2.75) is 298 Å². The second kappa shape index (κ2) is 45.3. The van der Waals surface area contributed by atoms with E-state index in [1.807, 2.05) is 54.6 Å². The van der Waals surface area contributed by atoms with Gasteiger partial charge in [-0.25, -0.2) is 0 Å². The maximum absolute atomic E-state index is 15.7. The second-order valence-electron chi connectivity index (χ2n) is 33.6. The van der Waals surface area contributed by atoms with Gasteiger partial charge >= 0.3 is 5.97 Å². The van der Waals surface area contributed by atoms with Gasteiger partial charge in [-0.3, -0.25) is 62.3 Å². The largest absolute Gasteiger partial charge is 0.481 e. The van der Waals surface area contributed by atoms with Crippen molar-refractivity contribution in [3.63, 3.8) is 0 Å². The van der Waals surface area contributed by atoms with Crippen molar-refractivity contribution in [1.82, 2.24) is 68.7 Å². The highest BCUT2D eigenvalue weighted by atomic mass is 32.2. The van der Waals surface area contributed by atoms with Gasteiger partial charge in [0.1, 0.15) is 66.5 Å². The monoisotopic (exact) mass is 1660 g/mol. The topological polar surface area (TPSA) is 497 Å². The summed E-state index contributed by atoms with van der Waals surface area (Å²) in [6, 6.07) is 0.905. The molecule has 3 unspecified atom stereocenters. The van der Waals surface area contributed by atoms with Gasteiger partial charge in [0.2, 0.25) is 70.9 Å². The van der Waals surface area contributed by atoms with Crippen LogP contribution in [0.2, 0.25) is 0 Å². The number of nitrogens with two attached hydrogens (primary N) is 1. The van der Waals surface area contributed by atoms with Crippen molar-refractivity contribution < 1.29 is 87.9 Å². The van der Waals surface area contributed by atoms with E-state index in [0.29, 0.717) is 81.6 Å². The number of nitrogens with one attached hydrogen (secondary N) is 12. The highest BCUT2D eigenvalue weighted by molar-refractivity contribution is 7.98. The van der Waals surface area contributed by atoms with Crippen molar-refractivity contribution in [2.24, 2.45) is 34.8 Å². The molecule has 116 heavy (non-hydrogen) atoms. The maximum Gasteiger partial charge on any atom is 0.303 e. The first-order valence-corrected chi connectivity index (χ1v) is 43.8. The zero-order valence-electron chi connectivity index (χ0n) is 68.0. The van der Waals surface area contributed by atoms with E-state index in [1.165, 1.54) is 42.3 Å². The summed E-state index contributed by atoms with van der Waals surface area (Å²) in [5.74, 6) is -11.3. The Morgan fingerprint density at radius 2 is 1.06 bits per heavy atom. The Labute approximate surface area is 688 Å². The Morgan fingerprint density at radius 1 is 0.560 bits per heavy atom. The number of aliphatic hydroxyl groups excluding tert-OH is 4. The second-order valence-corrected chi connectivity index (χ2v) is 35.7. The van der Waals surface area contributed by atoms with Crippen molar-refractivity contribution in [1.29, 1.82) is 0 Å². The number of carbonyl (C=O) groups is 13. The lowest BCUT2D eigenvalue weighted by molar-refractivity contribution is -0.144. The molecular weight excluding hydrogens is 1530 g/mol. The number of amides is 12. The highest BCUT2D eigenvalue weighted by Gasteiger charge is 2.48. The first-order chi connectivity index (χ1) is 55.2. The molecule has 3 saturated heterocycles.